The zero-order valence-corrected chi connectivity index (χ0v) is 13.3. The minimum absolute atomic E-state index is 0.0138. The maximum atomic E-state index is 12.4. The van der Waals surface area contributed by atoms with Gasteiger partial charge in [-0.2, -0.15) is 0 Å². The Hall–Kier alpha value is -1.07. The van der Waals surface area contributed by atoms with Crippen LogP contribution in [0.3, 0.4) is 0 Å². The third kappa shape index (κ3) is 2.83. The van der Waals surface area contributed by atoms with Crippen molar-refractivity contribution >= 4 is 27.3 Å². The molecule has 1 saturated heterocycles. The fraction of sp³-hybridized carbons (Fsp3) is 0.500. The molecule has 0 radical (unpaired) electrons. The second-order valence-electron chi connectivity index (χ2n) is 6.08. The van der Waals surface area contributed by atoms with E-state index < -0.39 is 20.5 Å². The molecule has 1 heterocycles. The van der Waals surface area contributed by atoms with Crippen LogP contribution >= 0.6 is 11.6 Å². The number of nitrogens with zero attached hydrogens (tertiary/aromatic N) is 1. The van der Waals surface area contributed by atoms with Gasteiger partial charge in [0.15, 0.2) is 9.84 Å². The van der Waals surface area contributed by atoms with E-state index in [9.17, 15) is 13.2 Å². The molecule has 20 heavy (non-hydrogen) atoms. The lowest BCUT2D eigenvalue weighted by molar-refractivity contribution is -0.142. The van der Waals surface area contributed by atoms with Crippen molar-refractivity contribution in [1.29, 1.82) is 0 Å². The van der Waals surface area contributed by atoms with E-state index in [1.807, 2.05) is 20.8 Å². The summed E-state index contributed by atoms with van der Waals surface area (Å²) in [6, 6.07) is 6.13. The summed E-state index contributed by atoms with van der Waals surface area (Å²) < 4.78 is 24.7. The molecular formula is C14H18ClNO3S. The number of amides is 1. The molecule has 4 nitrogen and oxygen atoms in total. The zero-order valence-electron chi connectivity index (χ0n) is 11.8. The van der Waals surface area contributed by atoms with Gasteiger partial charge in [-0.1, -0.05) is 32.4 Å². The average Bonchev–Trinajstić information content (AvgIpc) is 2.25. The first-order valence-electron chi connectivity index (χ1n) is 6.41. The molecule has 6 heteroatoms. The van der Waals surface area contributed by atoms with Gasteiger partial charge in [0.05, 0.1) is 4.90 Å². The number of rotatable bonds is 2. The molecular weight excluding hydrogens is 298 g/mol. The molecule has 0 aromatic heterocycles. The van der Waals surface area contributed by atoms with Crippen LogP contribution in [0, 0.1) is 5.41 Å². The van der Waals surface area contributed by atoms with Crippen molar-refractivity contribution in [2.75, 3.05) is 13.1 Å². The minimum atomic E-state index is -3.38. The van der Waals surface area contributed by atoms with Crippen LogP contribution in [-0.2, 0) is 14.6 Å². The fourth-order valence-electron chi connectivity index (χ4n) is 2.09. The lowest BCUT2D eigenvalue weighted by Crippen LogP contribution is -2.59. The Labute approximate surface area is 124 Å². The van der Waals surface area contributed by atoms with Gasteiger partial charge in [0.2, 0.25) is 5.91 Å². The molecule has 0 N–H and O–H groups in total. The summed E-state index contributed by atoms with van der Waals surface area (Å²) in [5.41, 5.74) is -0.477. The van der Waals surface area contributed by atoms with Crippen LogP contribution in [0.4, 0.5) is 0 Å². The number of carbonyl (C=O) groups excluding carboxylic acids is 1. The Morgan fingerprint density at radius 2 is 1.70 bits per heavy atom. The van der Waals surface area contributed by atoms with Gasteiger partial charge in [-0.15, -0.1) is 0 Å². The zero-order chi connectivity index (χ0) is 15.1. The molecule has 0 atom stereocenters. The third-order valence-electron chi connectivity index (χ3n) is 3.36. The fourth-order valence-corrected chi connectivity index (χ4v) is 3.87. The van der Waals surface area contributed by atoms with Gasteiger partial charge >= 0.3 is 0 Å². The molecule has 2 rings (SSSR count). The second-order valence-corrected chi connectivity index (χ2v) is 8.75. The summed E-state index contributed by atoms with van der Waals surface area (Å²) in [4.78, 5) is 13.9. The number of benzene rings is 1. The first kappa shape index (κ1) is 15.3. The molecule has 0 spiro atoms. The highest BCUT2D eigenvalue weighted by Crippen LogP contribution is 2.28. The molecule has 1 fully saturated rings. The highest BCUT2D eigenvalue weighted by Gasteiger charge is 2.42. The molecule has 110 valence electrons. The van der Waals surface area contributed by atoms with Crippen molar-refractivity contribution in [3.63, 3.8) is 0 Å². The van der Waals surface area contributed by atoms with Gasteiger partial charge in [-0.25, -0.2) is 8.42 Å². The van der Waals surface area contributed by atoms with Gasteiger partial charge in [0, 0.05) is 23.5 Å². The van der Waals surface area contributed by atoms with Crippen LogP contribution in [0.5, 0.6) is 0 Å². The van der Waals surface area contributed by atoms with E-state index in [0.717, 1.165) is 0 Å². The van der Waals surface area contributed by atoms with E-state index in [0.29, 0.717) is 5.02 Å². The first-order chi connectivity index (χ1) is 9.12. The van der Waals surface area contributed by atoms with E-state index in [4.69, 9.17) is 11.6 Å². The van der Waals surface area contributed by atoms with Gasteiger partial charge in [0.25, 0.3) is 0 Å². The summed E-state index contributed by atoms with van der Waals surface area (Å²) in [6.45, 7) is 6.02. The van der Waals surface area contributed by atoms with Crippen molar-refractivity contribution in [1.82, 2.24) is 4.90 Å². The Morgan fingerprint density at radius 3 is 2.15 bits per heavy atom. The van der Waals surface area contributed by atoms with Crippen molar-refractivity contribution in [3.8, 4) is 0 Å². The van der Waals surface area contributed by atoms with Crippen LogP contribution in [0.15, 0.2) is 29.2 Å². The van der Waals surface area contributed by atoms with E-state index in [2.05, 4.69) is 0 Å². The predicted molar refractivity (Wildman–Crippen MR) is 78.5 cm³/mol. The predicted octanol–water partition coefficient (Wildman–Crippen LogP) is 2.37. The van der Waals surface area contributed by atoms with Crippen LogP contribution < -0.4 is 0 Å². The summed E-state index contributed by atoms with van der Waals surface area (Å²) >= 11 is 5.76. The number of likely N-dealkylation sites (tertiary alicyclic amines) is 1. The molecule has 0 aliphatic carbocycles. The highest BCUT2D eigenvalue weighted by atomic mass is 35.5. The molecule has 1 aliphatic heterocycles. The summed E-state index contributed by atoms with van der Waals surface area (Å²) in [5, 5.41) is -0.0166. The van der Waals surface area contributed by atoms with Crippen LogP contribution in [0.2, 0.25) is 5.02 Å². The Balaban J connectivity index is 2.09. The summed E-state index contributed by atoms with van der Waals surface area (Å²) in [6.07, 6.45) is 0. The number of sulfone groups is 1. The van der Waals surface area contributed by atoms with Crippen LogP contribution in [0.25, 0.3) is 0 Å². The molecule has 0 saturated carbocycles. The molecule has 1 aromatic carbocycles. The van der Waals surface area contributed by atoms with Crippen molar-refractivity contribution in [2.45, 2.75) is 30.9 Å². The Morgan fingerprint density at radius 1 is 1.20 bits per heavy atom. The maximum absolute atomic E-state index is 12.4. The van der Waals surface area contributed by atoms with E-state index in [-0.39, 0.29) is 23.9 Å². The Bertz CT molecular complexity index is 611. The van der Waals surface area contributed by atoms with Gasteiger partial charge in [0.1, 0.15) is 5.25 Å². The lowest BCUT2D eigenvalue weighted by Gasteiger charge is -2.41. The first-order valence-corrected chi connectivity index (χ1v) is 8.33. The largest absolute Gasteiger partial charge is 0.339 e. The van der Waals surface area contributed by atoms with E-state index in [1.54, 1.807) is 17.0 Å². The Kier molecular flexibility index (Phi) is 3.86. The second kappa shape index (κ2) is 5.04. The SMILES string of the molecule is CC(C)(C)C(=O)N1CC(S(=O)(=O)c2ccc(Cl)cc2)C1. The minimum Gasteiger partial charge on any atom is -0.339 e. The monoisotopic (exact) mass is 315 g/mol. The van der Waals surface area contributed by atoms with Gasteiger partial charge in [-0.05, 0) is 24.3 Å². The number of carbonyl (C=O) groups is 1. The molecule has 1 aromatic rings. The molecule has 0 bridgehead atoms. The van der Waals surface area contributed by atoms with Gasteiger partial charge in [-0.3, -0.25) is 4.79 Å². The smallest absolute Gasteiger partial charge is 0.228 e. The third-order valence-corrected chi connectivity index (χ3v) is 5.71. The van der Waals surface area contributed by atoms with E-state index >= 15 is 0 Å². The van der Waals surface area contributed by atoms with Crippen molar-refractivity contribution in [2.24, 2.45) is 5.41 Å². The highest BCUT2D eigenvalue weighted by molar-refractivity contribution is 7.92. The van der Waals surface area contributed by atoms with E-state index in [1.165, 1.54) is 12.1 Å². The van der Waals surface area contributed by atoms with Crippen LogP contribution in [-0.4, -0.2) is 37.6 Å². The summed E-state index contributed by atoms with van der Waals surface area (Å²) in [5.74, 6) is -0.0138. The number of hydrogen-bond donors (Lipinski definition) is 0. The molecule has 0 unspecified atom stereocenters. The molecule has 1 amide bonds. The quantitative estimate of drug-likeness (QED) is 0.842. The standard InChI is InChI=1S/C14H18ClNO3S/c1-14(2,3)13(17)16-8-12(9-16)20(18,19)11-6-4-10(15)5-7-11/h4-7,12H,8-9H2,1-3H3. The average molecular weight is 316 g/mol. The van der Waals surface area contributed by atoms with Crippen molar-refractivity contribution < 1.29 is 13.2 Å². The summed E-state index contributed by atoms with van der Waals surface area (Å²) in [7, 11) is -3.38. The number of hydrogen-bond acceptors (Lipinski definition) is 3. The van der Waals surface area contributed by atoms with Gasteiger partial charge < -0.3 is 4.90 Å². The topological polar surface area (TPSA) is 54.5 Å². The van der Waals surface area contributed by atoms with Crippen LogP contribution in [0.1, 0.15) is 20.8 Å². The molecule has 1 aliphatic rings. The number of halogens is 1. The normalized spacial score (nSPS) is 16.9. The van der Waals surface area contributed by atoms with Crippen molar-refractivity contribution in [3.05, 3.63) is 29.3 Å². The lowest BCUT2D eigenvalue weighted by atomic mass is 9.93. The maximum Gasteiger partial charge on any atom is 0.228 e.